The van der Waals surface area contributed by atoms with Crippen LogP contribution < -0.4 is 0 Å². The molecule has 0 unspecified atom stereocenters. The van der Waals surface area contributed by atoms with Gasteiger partial charge in [-0.1, -0.05) is 24.6 Å². The molecule has 0 radical (unpaired) electrons. The van der Waals surface area contributed by atoms with Gasteiger partial charge < -0.3 is 4.98 Å². The van der Waals surface area contributed by atoms with Crippen molar-refractivity contribution in [2.24, 2.45) is 0 Å². The summed E-state index contributed by atoms with van der Waals surface area (Å²) in [4.78, 5) is 15.1. The fourth-order valence-electron chi connectivity index (χ4n) is 5.55. The maximum Gasteiger partial charge on any atom is 0.123 e. The topological polar surface area (TPSA) is 73.5 Å². The number of rotatable bonds is 5. The van der Waals surface area contributed by atoms with Crippen LogP contribution in [-0.4, -0.2) is 43.1 Å². The van der Waals surface area contributed by atoms with E-state index in [0.29, 0.717) is 0 Å². The minimum Gasteiger partial charge on any atom is -0.353 e. The monoisotopic (exact) mass is 502 g/mol. The SMILES string of the molecule is Fc1cccc(-c2nccc3[nH]c(-c4n[nH]c5ccc(-c6cncc(CN7CCCCC7)c6)cc45)cc23)c1. The Bertz CT molecular complexity index is 1760. The number of hydrogen-bond acceptors (Lipinski definition) is 4. The first-order valence-electron chi connectivity index (χ1n) is 13.1. The van der Waals surface area contributed by atoms with Crippen molar-refractivity contribution >= 4 is 21.8 Å². The Morgan fingerprint density at radius 2 is 1.68 bits per heavy atom. The predicted molar refractivity (Wildman–Crippen MR) is 149 cm³/mol. The molecule has 0 atom stereocenters. The van der Waals surface area contributed by atoms with Gasteiger partial charge in [-0.05, 0) is 79.5 Å². The number of nitrogens with zero attached hydrogens (tertiary/aromatic N) is 4. The number of aromatic nitrogens is 5. The molecule has 6 aromatic rings. The molecule has 188 valence electrons. The van der Waals surface area contributed by atoms with Gasteiger partial charge in [-0.15, -0.1) is 0 Å². The minimum atomic E-state index is -0.280. The van der Waals surface area contributed by atoms with Crippen LogP contribution in [0.3, 0.4) is 0 Å². The minimum absolute atomic E-state index is 0.280. The lowest BCUT2D eigenvalue weighted by Gasteiger charge is -2.26. The van der Waals surface area contributed by atoms with Crippen LogP contribution in [0.15, 0.2) is 79.3 Å². The van der Waals surface area contributed by atoms with Gasteiger partial charge in [-0.25, -0.2) is 4.39 Å². The molecule has 0 spiro atoms. The Kier molecular flexibility index (Phi) is 5.70. The maximum atomic E-state index is 13.9. The Hall–Kier alpha value is -4.36. The second-order valence-corrected chi connectivity index (χ2v) is 10.1. The van der Waals surface area contributed by atoms with Gasteiger partial charge in [0.05, 0.1) is 16.9 Å². The van der Waals surface area contributed by atoms with Gasteiger partial charge in [-0.3, -0.25) is 20.0 Å². The first kappa shape index (κ1) is 22.8. The van der Waals surface area contributed by atoms with Crippen LogP contribution in [0.2, 0.25) is 0 Å². The third-order valence-corrected chi connectivity index (χ3v) is 7.45. The third-order valence-electron chi connectivity index (χ3n) is 7.45. The van der Waals surface area contributed by atoms with Gasteiger partial charge in [0, 0.05) is 52.6 Å². The highest BCUT2D eigenvalue weighted by Crippen LogP contribution is 2.34. The molecule has 2 aromatic carbocycles. The summed E-state index contributed by atoms with van der Waals surface area (Å²) in [7, 11) is 0. The number of halogens is 1. The van der Waals surface area contributed by atoms with E-state index in [2.05, 4.69) is 54.3 Å². The smallest absolute Gasteiger partial charge is 0.123 e. The molecule has 38 heavy (non-hydrogen) atoms. The van der Waals surface area contributed by atoms with Crippen molar-refractivity contribution in [2.45, 2.75) is 25.8 Å². The molecular formula is C31H27FN6. The van der Waals surface area contributed by atoms with Gasteiger partial charge in [0.25, 0.3) is 0 Å². The second-order valence-electron chi connectivity index (χ2n) is 10.1. The van der Waals surface area contributed by atoms with E-state index >= 15 is 0 Å². The molecular weight excluding hydrogens is 475 g/mol. The van der Waals surface area contributed by atoms with Crippen LogP contribution in [0, 0.1) is 5.82 Å². The molecule has 0 saturated carbocycles. The normalized spacial score (nSPS) is 14.4. The zero-order valence-corrected chi connectivity index (χ0v) is 20.9. The average molecular weight is 503 g/mol. The van der Waals surface area contributed by atoms with Crippen LogP contribution >= 0.6 is 0 Å². The molecule has 5 heterocycles. The lowest BCUT2D eigenvalue weighted by molar-refractivity contribution is 0.220. The zero-order valence-electron chi connectivity index (χ0n) is 20.9. The van der Waals surface area contributed by atoms with Crippen LogP contribution in [0.5, 0.6) is 0 Å². The molecule has 0 amide bonds. The lowest BCUT2D eigenvalue weighted by atomic mass is 10.0. The molecule has 1 fully saturated rings. The van der Waals surface area contributed by atoms with E-state index in [1.54, 1.807) is 12.3 Å². The molecule has 6 nitrogen and oxygen atoms in total. The lowest BCUT2D eigenvalue weighted by Crippen LogP contribution is -2.29. The fraction of sp³-hybridized carbons (Fsp3) is 0.194. The number of H-pyrrole nitrogens is 2. The van der Waals surface area contributed by atoms with E-state index in [9.17, 15) is 4.39 Å². The van der Waals surface area contributed by atoms with E-state index in [-0.39, 0.29) is 5.82 Å². The highest BCUT2D eigenvalue weighted by atomic mass is 19.1. The van der Waals surface area contributed by atoms with Crippen molar-refractivity contribution in [1.82, 2.24) is 30.0 Å². The van der Waals surface area contributed by atoms with Crippen molar-refractivity contribution in [1.29, 1.82) is 0 Å². The molecule has 0 aliphatic carbocycles. The average Bonchev–Trinajstić information content (AvgIpc) is 3.57. The first-order chi connectivity index (χ1) is 18.7. The Balaban J connectivity index is 1.26. The van der Waals surface area contributed by atoms with Crippen molar-refractivity contribution in [3.05, 3.63) is 90.6 Å². The summed E-state index contributed by atoms with van der Waals surface area (Å²) in [6, 6.07) is 19.1. The van der Waals surface area contributed by atoms with Gasteiger partial charge in [0.15, 0.2) is 0 Å². The van der Waals surface area contributed by atoms with Crippen LogP contribution in [0.4, 0.5) is 4.39 Å². The van der Waals surface area contributed by atoms with E-state index in [1.807, 2.05) is 30.6 Å². The zero-order chi connectivity index (χ0) is 25.5. The molecule has 1 aliphatic rings. The van der Waals surface area contributed by atoms with Gasteiger partial charge >= 0.3 is 0 Å². The summed E-state index contributed by atoms with van der Waals surface area (Å²) < 4.78 is 13.9. The molecule has 1 saturated heterocycles. The van der Waals surface area contributed by atoms with Crippen molar-refractivity contribution in [3.8, 4) is 33.8 Å². The summed E-state index contributed by atoms with van der Waals surface area (Å²) in [6.45, 7) is 3.27. The number of likely N-dealkylation sites (tertiary alicyclic amines) is 1. The Morgan fingerprint density at radius 1 is 0.789 bits per heavy atom. The Morgan fingerprint density at radius 3 is 2.58 bits per heavy atom. The summed E-state index contributed by atoms with van der Waals surface area (Å²) in [5, 5.41) is 9.77. The van der Waals surface area contributed by atoms with Crippen LogP contribution in [-0.2, 0) is 6.54 Å². The number of piperidine rings is 1. The number of pyridine rings is 2. The number of fused-ring (bicyclic) bond motifs is 2. The van der Waals surface area contributed by atoms with E-state index in [0.717, 1.165) is 75.2 Å². The van der Waals surface area contributed by atoms with Gasteiger partial charge in [0.2, 0.25) is 0 Å². The van der Waals surface area contributed by atoms with E-state index < -0.39 is 0 Å². The van der Waals surface area contributed by atoms with Crippen molar-refractivity contribution in [3.63, 3.8) is 0 Å². The number of benzene rings is 2. The summed E-state index contributed by atoms with van der Waals surface area (Å²) in [6.07, 6.45) is 9.55. The molecule has 7 heteroatoms. The largest absolute Gasteiger partial charge is 0.353 e. The number of nitrogens with one attached hydrogen (secondary N) is 2. The maximum absolute atomic E-state index is 13.9. The Labute approximate surface area is 219 Å². The molecule has 0 bridgehead atoms. The van der Waals surface area contributed by atoms with Crippen molar-refractivity contribution in [2.75, 3.05) is 13.1 Å². The second kappa shape index (κ2) is 9.50. The highest BCUT2D eigenvalue weighted by Gasteiger charge is 2.16. The van der Waals surface area contributed by atoms with E-state index in [1.165, 1.54) is 37.0 Å². The van der Waals surface area contributed by atoms with Crippen molar-refractivity contribution < 1.29 is 4.39 Å². The van der Waals surface area contributed by atoms with E-state index in [4.69, 9.17) is 0 Å². The molecule has 4 aromatic heterocycles. The summed E-state index contributed by atoms with van der Waals surface area (Å²) in [5.74, 6) is -0.280. The van der Waals surface area contributed by atoms with Gasteiger partial charge in [-0.2, -0.15) is 5.10 Å². The van der Waals surface area contributed by atoms with Crippen LogP contribution in [0.25, 0.3) is 55.6 Å². The summed E-state index contributed by atoms with van der Waals surface area (Å²) >= 11 is 0. The fourth-order valence-corrected chi connectivity index (χ4v) is 5.55. The molecule has 1 aliphatic heterocycles. The summed E-state index contributed by atoms with van der Waals surface area (Å²) in [5.41, 5.74) is 8.53. The first-order valence-corrected chi connectivity index (χ1v) is 13.1. The number of hydrogen-bond donors (Lipinski definition) is 2. The third kappa shape index (κ3) is 4.25. The quantitative estimate of drug-likeness (QED) is 0.267. The predicted octanol–water partition coefficient (Wildman–Crippen LogP) is 6.96. The standard InChI is InChI=1S/C31H27FN6/c32-24-6-4-5-22(14-24)30-26-16-29(35-27(26)9-10-34-30)31-25-15-21(7-8-28(25)36-37-31)23-13-20(17-33-18-23)19-38-11-2-1-3-12-38/h4-10,13-18,35H,1-3,11-12,19H2,(H,36,37). The number of aromatic amines is 2. The molecule has 7 rings (SSSR count). The highest BCUT2D eigenvalue weighted by molar-refractivity contribution is 6.00. The molecule has 2 N–H and O–H groups in total. The van der Waals surface area contributed by atoms with Gasteiger partial charge in [0.1, 0.15) is 11.5 Å². The van der Waals surface area contributed by atoms with Crippen LogP contribution in [0.1, 0.15) is 24.8 Å².